The summed E-state index contributed by atoms with van der Waals surface area (Å²) >= 11 is 0. The summed E-state index contributed by atoms with van der Waals surface area (Å²) in [7, 11) is 0. The third kappa shape index (κ3) is 6.34. The SMILES string of the molecule is CC(=O)Nc1ccc(NC(=O)C(=O)NCCCc2ccc(N3CCCC3)cc2)cc1. The molecule has 7 nitrogen and oxygen atoms in total. The van der Waals surface area contributed by atoms with Crippen LogP contribution in [0.3, 0.4) is 0 Å². The number of nitrogens with one attached hydrogen (secondary N) is 3. The number of benzene rings is 2. The first-order chi connectivity index (χ1) is 14.5. The second-order valence-corrected chi connectivity index (χ2v) is 7.43. The summed E-state index contributed by atoms with van der Waals surface area (Å²) in [5.74, 6) is -1.55. The van der Waals surface area contributed by atoms with E-state index in [9.17, 15) is 14.4 Å². The minimum atomic E-state index is -0.711. The molecule has 0 aromatic heterocycles. The van der Waals surface area contributed by atoms with Crippen LogP contribution < -0.4 is 20.9 Å². The summed E-state index contributed by atoms with van der Waals surface area (Å²) in [4.78, 5) is 37.4. The van der Waals surface area contributed by atoms with E-state index in [4.69, 9.17) is 0 Å². The molecule has 7 heteroatoms. The van der Waals surface area contributed by atoms with Crippen LogP contribution >= 0.6 is 0 Å². The first-order valence-corrected chi connectivity index (χ1v) is 10.3. The van der Waals surface area contributed by atoms with Crippen LogP contribution in [0.2, 0.25) is 0 Å². The maximum Gasteiger partial charge on any atom is 0.313 e. The lowest BCUT2D eigenvalue weighted by Gasteiger charge is -2.17. The first-order valence-electron chi connectivity index (χ1n) is 10.3. The van der Waals surface area contributed by atoms with Gasteiger partial charge in [0.25, 0.3) is 0 Å². The maximum absolute atomic E-state index is 12.0. The van der Waals surface area contributed by atoms with Crippen molar-refractivity contribution in [2.45, 2.75) is 32.6 Å². The molecule has 1 aliphatic heterocycles. The Morgan fingerprint density at radius 2 is 1.43 bits per heavy atom. The van der Waals surface area contributed by atoms with Crippen molar-refractivity contribution in [2.24, 2.45) is 0 Å². The fourth-order valence-electron chi connectivity index (χ4n) is 3.45. The normalized spacial score (nSPS) is 13.0. The molecule has 3 N–H and O–H groups in total. The van der Waals surface area contributed by atoms with Gasteiger partial charge in [0.1, 0.15) is 0 Å². The molecule has 3 amide bonds. The number of hydrogen-bond acceptors (Lipinski definition) is 4. The molecule has 30 heavy (non-hydrogen) atoms. The predicted molar refractivity (Wildman–Crippen MR) is 119 cm³/mol. The zero-order chi connectivity index (χ0) is 21.3. The van der Waals surface area contributed by atoms with Crippen molar-refractivity contribution in [1.29, 1.82) is 0 Å². The van der Waals surface area contributed by atoms with Crippen molar-refractivity contribution >= 4 is 34.8 Å². The second kappa shape index (κ2) is 10.4. The third-order valence-corrected chi connectivity index (χ3v) is 5.00. The molecule has 1 fully saturated rings. The number of carbonyl (C=O) groups excluding carboxylic acids is 3. The largest absolute Gasteiger partial charge is 0.372 e. The molecule has 3 rings (SSSR count). The van der Waals surface area contributed by atoms with Gasteiger partial charge < -0.3 is 20.9 Å². The molecule has 0 bridgehead atoms. The molecule has 1 saturated heterocycles. The summed E-state index contributed by atoms with van der Waals surface area (Å²) in [5.41, 5.74) is 3.60. The van der Waals surface area contributed by atoms with Crippen LogP contribution in [-0.4, -0.2) is 37.4 Å². The second-order valence-electron chi connectivity index (χ2n) is 7.43. The highest BCUT2D eigenvalue weighted by Gasteiger charge is 2.14. The molecule has 1 aliphatic rings. The molecular weight excluding hydrogens is 380 g/mol. The van der Waals surface area contributed by atoms with Crippen LogP contribution in [0.15, 0.2) is 48.5 Å². The standard InChI is InChI=1S/C23H28N4O3/c1-17(28)25-19-8-10-20(11-9-19)26-23(30)22(29)24-14-4-5-18-6-12-21(13-7-18)27-15-2-3-16-27/h6-13H,2-5,14-16H2,1H3,(H,24,29)(H,25,28)(H,26,30). The molecule has 2 aromatic carbocycles. The molecule has 2 aromatic rings. The lowest BCUT2D eigenvalue weighted by molar-refractivity contribution is -0.136. The van der Waals surface area contributed by atoms with Crippen LogP contribution in [0.5, 0.6) is 0 Å². The van der Waals surface area contributed by atoms with Crippen LogP contribution in [0.1, 0.15) is 31.7 Å². The van der Waals surface area contributed by atoms with E-state index < -0.39 is 11.8 Å². The average molecular weight is 409 g/mol. The van der Waals surface area contributed by atoms with Crippen molar-refractivity contribution in [3.05, 3.63) is 54.1 Å². The Bertz CT molecular complexity index is 872. The van der Waals surface area contributed by atoms with E-state index in [1.165, 1.54) is 31.0 Å². The molecule has 0 radical (unpaired) electrons. The highest BCUT2D eigenvalue weighted by atomic mass is 16.2. The Labute approximate surface area is 176 Å². The Morgan fingerprint density at radius 3 is 2.03 bits per heavy atom. The monoisotopic (exact) mass is 408 g/mol. The van der Waals surface area contributed by atoms with E-state index in [-0.39, 0.29) is 5.91 Å². The van der Waals surface area contributed by atoms with Gasteiger partial charge in [-0.2, -0.15) is 0 Å². The van der Waals surface area contributed by atoms with E-state index in [1.807, 2.05) is 0 Å². The van der Waals surface area contributed by atoms with Gasteiger partial charge in [0.15, 0.2) is 0 Å². The highest BCUT2D eigenvalue weighted by Crippen LogP contribution is 2.20. The van der Waals surface area contributed by atoms with Crippen LogP contribution in [0.25, 0.3) is 0 Å². The molecule has 158 valence electrons. The molecule has 0 atom stereocenters. The zero-order valence-corrected chi connectivity index (χ0v) is 17.2. The third-order valence-electron chi connectivity index (χ3n) is 5.00. The number of carbonyl (C=O) groups is 3. The smallest absolute Gasteiger partial charge is 0.313 e. The number of nitrogens with zero attached hydrogens (tertiary/aromatic N) is 1. The van der Waals surface area contributed by atoms with Gasteiger partial charge in [-0.3, -0.25) is 14.4 Å². The number of amides is 3. The molecular formula is C23H28N4O3. The van der Waals surface area contributed by atoms with E-state index in [2.05, 4.69) is 45.1 Å². The molecule has 1 heterocycles. The quantitative estimate of drug-likeness (QED) is 0.485. The van der Waals surface area contributed by atoms with Gasteiger partial charge in [-0.15, -0.1) is 0 Å². The summed E-state index contributed by atoms with van der Waals surface area (Å²) in [6.07, 6.45) is 4.12. The Balaban J connectivity index is 1.36. The summed E-state index contributed by atoms with van der Waals surface area (Å²) < 4.78 is 0. The lowest BCUT2D eigenvalue weighted by atomic mass is 10.1. The highest BCUT2D eigenvalue weighted by molar-refractivity contribution is 6.39. The summed E-state index contributed by atoms with van der Waals surface area (Å²) in [6.45, 7) is 4.12. The average Bonchev–Trinajstić information content (AvgIpc) is 3.27. The van der Waals surface area contributed by atoms with Gasteiger partial charge in [-0.05, 0) is 67.6 Å². The number of aryl methyl sites for hydroxylation is 1. The zero-order valence-electron chi connectivity index (χ0n) is 17.2. The number of hydrogen-bond donors (Lipinski definition) is 3. The molecule has 0 spiro atoms. The van der Waals surface area contributed by atoms with E-state index in [0.29, 0.717) is 17.9 Å². The Kier molecular flexibility index (Phi) is 7.43. The Morgan fingerprint density at radius 1 is 0.833 bits per heavy atom. The van der Waals surface area contributed by atoms with Gasteiger partial charge in [0.2, 0.25) is 5.91 Å². The van der Waals surface area contributed by atoms with Crippen molar-refractivity contribution in [3.8, 4) is 0 Å². The van der Waals surface area contributed by atoms with Crippen molar-refractivity contribution in [1.82, 2.24) is 5.32 Å². The van der Waals surface area contributed by atoms with Gasteiger partial charge in [0.05, 0.1) is 0 Å². The van der Waals surface area contributed by atoms with E-state index >= 15 is 0 Å². The minimum absolute atomic E-state index is 0.173. The van der Waals surface area contributed by atoms with Crippen molar-refractivity contribution < 1.29 is 14.4 Å². The number of anilines is 3. The fraction of sp³-hybridized carbons (Fsp3) is 0.348. The van der Waals surface area contributed by atoms with Crippen LogP contribution in [0, 0.1) is 0 Å². The van der Waals surface area contributed by atoms with Crippen molar-refractivity contribution in [3.63, 3.8) is 0 Å². The van der Waals surface area contributed by atoms with Crippen LogP contribution in [-0.2, 0) is 20.8 Å². The summed E-state index contributed by atoms with van der Waals surface area (Å²) in [5, 5.41) is 7.84. The van der Waals surface area contributed by atoms with E-state index in [0.717, 1.165) is 25.9 Å². The minimum Gasteiger partial charge on any atom is -0.372 e. The van der Waals surface area contributed by atoms with Gasteiger partial charge >= 0.3 is 11.8 Å². The van der Waals surface area contributed by atoms with Crippen molar-refractivity contribution in [2.75, 3.05) is 35.2 Å². The fourth-order valence-corrected chi connectivity index (χ4v) is 3.45. The summed E-state index contributed by atoms with van der Waals surface area (Å²) in [6, 6.07) is 15.1. The van der Waals surface area contributed by atoms with Gasteiger partial charge in [-0.25, -0.2) is 0 Å². The predicted octanol–water partition coefficient (Wildman–Crippen LogP) is 2.93. The molecule has 0 saturated carbocycles. The Hall–Kier alpha value is -3.35. The lowest BCUT2D eigenvalue weighted by Crippen LogP contribution is -2.36. The van der Waals surface area contributed by atoms with E-state index in [1.54, 1.807) is 24.3 Å². The molecule has 0 unspecified atom stereocenters. The number of rotatable bonds is 7. The molecule has 0 aliphatic carbocycles. The van der Waals surface area contributed by atoms with Gasteiger partial charge in [0, 0.05) is 43.6 Å². The first kappa shape index (κ1) is 21.4. The van der Waals surface area contributed by atoms with Crippen LogP contribution in [0.4, 0.5) is 17.1 Å². The maximum atomic E-state index is 12.0. The van der Waals surface area contributed by atoms with Gasteiger partial charge in [-0.1, -0.05) is 12.1 Å². The topological polar surface area (TPSA) is 90.5 Å².